The number of nitrogens with one attached hydrogen (secondary N) is 1. The van der Waals surface area contributed by atoms with Crippen LogP contribution in [0.15, 0.2) is 89.5 Å². The van der Waals surface area contributed by atoms with E-state index < -0.39 is 52.6 Å². The zero-order chi connectivity index (χ0) is 39.4. The number of piperidine rings is 1. The van der Waals surface area contributed by atoms with E-state index in [0.717, 1.165) is 42.3 Å². The Morgan fingerprint density at radius 2 is 1.64 bits per heavy atom. The second kappa shape index (κ2) is 14.5. The maximum atomic E-state index is 13.9. The van der Waals surface area contributed by atoms with Gasteiger partial charge in [-0.2, -0.15) is 13.2 Å². The van der Waals surface area contributed by atoms with Gasteiger partial charge < -0.3 is 25.6 Å². The number of carboxylic acid groups (broad SMARTS) is 1. The summed E-state index contributed by atoms with van der Waals surface area (Å²) >= 11 is 0. The highest BCUT2D eigenvalue weighted by molar-refractivity contribution is 5.93. The summed E-state index contributed by atoms with van der Waals surface area (Å²) in [7, 11) is 0. The molecule has 1 saturated heterocycles. The maximum absolute atomic E-state index is 13.9. The third-order valence-electron chi connectivity index (χ3n) is 11.5. The number of fused-ring (bicyclic) bond motifs is 3. The molecule has 1 aromatic heterocycles. The molecule has 0 radical (unpaired) electrons. The van der Waals surface area contributed by atoms with Crippen LogP contribution in [0.4, 0.5) is 27.6 Å². The summed E-state index contributed by atoms with van der Waals surface area (Å²) in [4.78, 5) is 26.4. The summed E-state index contributed by atoms with van der Waals surface area (Å²) in [5.74, 6) is -3.16. The largest absolute Gasteiger partial charge is 0.481 e. The molecule has 4 N–H and O–H groups in total. The van der Waals surface area contributed by atoms with Crippen LogP contribution >= 0.6 is 0 Å². The Kier molecular flexibility index (Phi) is 9.68. The summed E-state index contributed by atoms with van der Waals surface area (Å²) in [5.41, 5.74) is 11.6. The fourth-order valence-corrected chi connectivity index (χ4v) is 8.32. The van der Waals surface area contributed by atoms with Crippen LogP contribution in [-0.4, -0.2) is 52.7 Å². The number of aromatic nitrogens is 1. The van der Waals surface area contributed by atoms with E-state index in [1.54, 1.807) is 12.1 Å². The van der Waals surface area contributed by atoms with Gasteiger partial charge in [-0.3, -0.25) is 9.59 Å². The van der Waals surface area contributed by atoms with Gasteiger partial charge in [0.15, 0.2) is 11.5 Å². The van der Waals surface area contributed by atoms with Gasteiger partial charge in [-0.1, -0.05) is 59.8 Å². The molecule has 290 valence electrons. The zero-order valence-corrected chi connectivity index (χ0v) is 30.2. The summed E-state index contributed by atoms with van der Waals surface area (Å²) in [5, 5.41) is 16.0. The van der Waals surface area contributed by atoms with Gasteiger partial charge in [-0.25, -0.2) is 8.78 Å². The topological polar surface area (TPSA) is 122 Å². The number of hydrogen-bond donors (Lipinski definition) is 3. The number of halogens is 5. The molecule has 4 aromatic carbocycles. The van der Waals surface area contributed by atoms with Gasteiger partial charge >= 0.3 is 12.1 Å². The van der Waals surface area contributed by atoms with Crippen molar-refractivity contribution in [1.82, 2.24) is 15.4 Å². The molecule has 2 saturated carbocycles. The molecule has 3 aliphatic carbocycles. The van der Waals surface area contributed by atoms with E-state index in [9.17, 15) is 36.6 Å². The number of aliphatic carboxylic acids is 1. The minimum absolute atomic E-state index is 0.0123. The quantitative estimate of drug-likeness (QED) is 0.105. The van der Waals surface area contributed by atoms with Crippen LogP contribution in [0, 0.1) is 23.5 Å². The van der Waals surface area contributed by atoms with E-state index in [0.29, 0.717) is 49.0 Å². The molecule has 1 amide bonds. The number of nitrogens with zero attached hydrogens (tertiary/aromatic N) is 2. The van der Waals surface area contributed by atoms with Crippen LogP contribution < -0.4 is 11.1 Å². The van der Waals surface area contributed by atoms with Crippen LogP contribution in [0.1, 0.15) is 70.4 Å². The first-order chi connectivity index (χ1) is 26.8. The fraction of sp³-hybridized carbons (Fsp3) is 0.326. The summed E-state index contributed by atoms with van der Waals surface area (Å²) in [6.07, 6.45) is 0.657. The molecular weight excluding hydrogens is 731 g/mol. The number of hydrogen-bond acceptors (Lipinski definition) is 6. The highest BCUT2D eigenvalue weighted by Crippen LogP contribution is 2.59. The number of benzene rings is 4. The van der Waals surface area contributed by atoms with Crippen LogP contribution in [0.5, 0.6) is 0 Å². The Labute approximate surface area is 319 Å². The molecule has 0 unspecified atom stereocenters. The number of carbonyl (C=O) groups excluding carboxylic acids is 1. The fourth-order valence-electron chi connectivity index (χ4n) is 8.32. The molecule has 4 aliphatic rings. The Hall–Kier alpha value is -5.56. The van der Waals surface area contributed by atoms with Crippen LogP contribution in [0.3, 0.4) is 0 Å². The Balaban J connectivity index is 0.000000158. The number of alkyl halides is 3. The minimum atomic E-state index is -4.37. The first kappa shape index (κ1) is 37.4. The Morgan fingerprint density at radius 1 is 0.911 bits per heavy atom. The van der Waals surface area contributed by atoms with Crippen LogP contribution in [-0.2, 0) is 22.8 Å². The van der Waals surface area contributed by atoms with Crippen LogP contribution in [0.2, 0.25) is 0 Å². The number of carboxylic acids is 1. The molecule has 0 spiro atoms. The van der Waals surface area contributed by atoms with E-state index in [1.165, 1.54) is 48.2 Å². The predicted molar refractivity (Wildman–Crippen MR) is 199 cm³/mol. The number of nitrogen functional groups attached to an aromatic ring is 1. The van der Waals surface area contributed by atoms with E-state index in [1.807, 2.05) is 24.3 Å². The molecule has 8 nitrogen and oxygen atoms in total. The lowest BCUT2D eigenvalue weighted by Gasteiger charge is -2.36. The molecule has 13 heteroatoms. The molecule has 2 atom stereocenters. The number of amides is 1. The second-order valence-corrected chi connectivity index (χ2v) is 15.2. The highest BCUT2D eigenvalue weighted by atomic mass is 19.4. The van der Waals surface area contributed by atoms with Crippen molar-refractivity contribution in [2.75, 3.05) is 25.4 Å². The molecule has 1 aliphatic heterocycles. The molecule has 2 heterocycles. The summed E-state index contributed by atoms with van der Waals surface area (Å²) in [6, 6.07) is 21.8. The monoisotopic (exact) mass is 770 g/mol. The van der Waals surface area contributed by atoms with Gasteiger partial charge in [-0.15, -0.1) is 0 Å². The van der Waals surface area contributed by atoms with Gasteiger partial charge in [0.05, 0.1) is 17.0 Å². The molecule has 3 fully saturated rings. The number of nitrogens with two attached hydrogens (primary N) is 1. The van der Waals surface area contributed by atoms with E-state index in [4.69, 9.17) is 10.3 Å². The van der Waals surface area contributed by atoms with Gasteiger partial charge in [0.2, 0.25) is 0 Å². The smallest absolute Gasteiger partial charge is 0.416 e. The molecular formula is C43H39F5N4O4. The van der Waals surface area contributed by atoms with E-state index in [-0.39, 0.29) is 17.0 Å². The second-order valence-electron chi connectivity index (χ2n) is 15.2. The van der Waals surface area contributed by atoms with Crippen molar-refractivity contribution in [1.29, 1.82) is 0 Å². The lowest BCUT2D eigenvalue weighted by molar-refractivity contribution is -0.144. The molecule has 5 aromatic rings. The van der Waals surface area contributed by atoms with Gasteiger partial charge in [0.1, 0.15) is 11.6 Å². The Bertz CT molecular complexity index is 2320. The first-order valence-electron chi connectivity index (χ1n) is 18.7. The zero-order valence-electron chi connectivity index (χ0n) is 30.2. The summed E-state index contributed by atoms with van der Waals surface area (Å²) < 4.78 is 72.7. The van der Waals surface area contributed by atoms with Gasteiger partial charge in [0.25, 0.3) is 5.91 Å². The predicted octanol–water partition coefficient (Wildman–Crippen LogP) is 8.47. The highest BCUT2D eigenvalue weighted by Gasteiger charge is 2.51. The standard InChI is InChI=1S/C23H18F3N.C20H21F2N3O4/c24-23(25,26)19-8-4-3-7-18(19)22(11-12-22)20-10-9-16-15-6-2-1-5-14(15)13-17(16)21(20)27;21-12-3-4-13(15(22)7-12)18-8-17(24-29-18)19(26)23-16-5-6-25(9-11-1-2-11)10-14(16)20(27)28/h1-10H,11-13,27H2;3-4,7-8,11,14,16H,1-2,5-6,9-10H2,(H,23,26)(H,27,28)/t;14-,16-/m.0/s1. The minimum Gasteiger partial charge on any atom is -0.481 e. The molecule has 0 bridgehead atoms. The lowest BCUT2D eigenvalue weighted by atomic mass is 9.82. The molecule has 56 heavy (non-hydrogen) atoms. The average molecular weight is 771 g/mol. The normalized spacial score (nSPS) is 19.7. The van der Waals surface area contributed by atoms with Crippen molar-refractivity contribution in [2.45, 2.75) is 56.2 Å². The average Bonchev–Trinajstić information content (AvgIpc) is 4.08. The van der Waals surface area contributed by atoms with Crippen LogP contribution in [0.25, 0.3) is 22.5 Å². The van der Waals surface area contributed by atoms with Crippen molar-refractivity contribution < 1.29 is 41.2 Å². The number of carbonyl (C=O) groups is 2. The van der Waals surface area contributed by atoms with Crippen molar-refractivity contribution >= 4 is 17.6 Å². The van der Waals surface area contributed by atoms with Crippen molar-refractivity contribution in [2.24, 2.45) is 11.8 Å². The summed E-state index contributed by atoms with van der Waals surface area (Å²) in [6.45, 7) is 2.01. The van der Waals surface area contributed by atoms with Gasteiger partial charge in [0, 0.05) is 55.3 Å². The lowest BCUT2D eigenvalue weighted by Crippen LogP contribution is -2.53. The SMILES string of the molecule is Nc1c(C2(c3ccccc3C(F)(F)F)CC2)ccc2c1Cc1ccccc1-2.O=C(N[C@H]1CCN(CC2CC2)C[C@@H]1C(=O)O)c1cc(-c2ccc(F)cc2F)on1. The van der Waals surface area contributed by atoms with E-state index in [2.05, 4.69) is 27.5 Å². The van der Waals surface area contributed by atoms with Crippen molar-refractivity contribution in [3.63, 3.8) is 0 Å². The number of rotatable bonds is 8. The third kappa shape index (κ3) is 7.27. The third-order valence-corrected chi connectivity index (χ3v) is 11.5. The van der Waals surface area contributed by atoms with Crippen molar-refractivity contribution in [3.05, 3.63) is 130 Å². The number of likely N-dealkylation sites (tertiary alicyclic amines) is 1. The van der Waals surface area contributed by atoms with Crippen molar-refractivity contribution in [3.8, 4) is 22.5 Å². The Morgan fingerprint density at radius 3 is 2.36 bits per heavy atom. The first-order valence-corrected chi connectivity index (χ1v) is 18.7. The number of anilines is 1. The van der Waals surface area contributed by atoms with E-state index >= 15 is 0 Å². The molecule has 9 rings (SSSR count). The maximum Gasteiger partial charge on any atom is 0.416 e. The van der Waals surface area contributed by atoms with Gasteiger partial charge in [-0.05, 0) is 89.6 Å².